The average Bonchev–Trinajstić information content (AvgIpc) is 2.57. The van der Waals surface area contributed by atoms with Gasteiger partial charge in [-0.2, -0.15) is 0 Å². The van der Waals surface area contributed by atoms with Gasteiger partial charge in [-0.1, -0.05) is 17.7 Å². The lowest BCUT2D eigenvalue weighted by Crippen LogP contribution is -2.39. The first-order valence-electron chi connectivity index (χ1n) is 7.60. The van der Waals surface area contributed by atoms with E-state index in [1.54, 1.807) is 24.9 Å². The second-order valence-corrected chi connectivity index (χ2v) is 6.11. The minimum Gasteiger partial charge on any atom is -0.494 e. The summed E-state index contributed by atoms with van der Waals surface area (Å²) in [5.74, 6) is -1.26. The summed E-state index contributed by atoms with van der Waals surface area (Å²) in [6.45, 7) is 2.02. The highest BCUT2D eigenvalue weighted by Crippen LogP contribution is 2.21. The molecule has 0 spiro atoms. The van der Waals surface area contributed by atoms with E-state index in [9.17, 15) is 13.6 Å². The Morgan fingerprint density at radius 3 is 2.60 bits per heavy atom. The summed E-state index contributed by atoms with van der Waals surface area (Å²) in [6.07, 6.45) is 0. The SMILES string of the molecule is COc1ccc(CN(C)C(C)C(=O)Nc2cc(Cl)ccc2F)cc1F. The van der Waals surface area contributed by atoms with Crippen LogP contribution in [0.25, 0.3) is 0 Å². The van der Waals surface area contributed by atoms with Crippen LogP contribution in [0.1, 0.15) is 12.5 Å². The van der Waals surface area contributed by atoms with Crippen molar-refractivity contribution in [3.05, 3.63) is 58.6 Å². The summed E-state index contributed by atoms with van der Waals surface area (Å²) in [4.78, 5) is 14.0. The van der Waals surface area contributed by atoms with Gasteiger partial charge < -0.3 is 10.1 Å². The molecule has 0 aromatic heterocycles. The van der Waals surface area contributed by atoms with Crippen LogP contribution in [0.3, 0.4) is 0 Å². The average molecular weight is 369 g/mol. The zero-order valence-electron chi connectivity index (χ0n) is 14.1. The molecular formula is C18H19ClF2N2O2. The smallest absolute Gasteiger partial charge is 0.241 e. The van der Waals surface area contributed by atoms with Crippen LogP contribution in [0.5, 0.6) is 5.75 Å². The summed E-state index contributed by atoms with van der Waals surface area (Å²) < 4.78 is 32.3. The van der Waals surface area contributed by atoms with Gasteiger partial charge in [0.25, 0.3) is 0 Å². The standard InChI is InChI=1S/C18H19ClF2N2O2/c1-11(18(24)22-16-9-13(19)5-6-14(16)20)23(2)10-12-4-7-17(25-3)15(21)8-12/h4-9,11H,10H2,1-3H3,(H,22,24). The van der Waals surface area contributed by atoms with Crippen LogP contribution in [0.4, 0.5) is 14.5 Å². The van der Waals surface area contributed by atoms with Gasteiger partial charge in [0.1, 0.15) is 5.82 Å². The molecule has 0 saturated carbocycles. The predicted molar refractivity (Wildman–Crippen MR) is 93.9 cm³/mol. The highest BCUT2D eigenvalue weighted by molar-refractivity contribution is 6.30. The number of likely N-dealkylation sites (N-methyl/N-ethyl adjacent to an activating group) is 1. The Hall–Kier alpha value is -2.18. The van der Waals surface area contributed by atoms with E-state index in [0.717, 1.165) is 0 Å². The van der Waals surface area contributed by atoms with E-state index in [0.29, 0.717) is 17.1 Å². The van der Waals surface area contributed by atoms with E-state index >= 15 is 0 Å². The van der Waals surface area contributed by atoms with Gasteiger partial charge in [0, 0.05) is 11.6 Å². The van der Waals surface area contributed by atoms with Gasteiger partial charge in [-0.05, 0) is 49.9 Å². The number of halogens is 3. The lowest BCUT2D eigenvalue weighted by atomic mass is 10.1. The van der Waals surface area contributed by atoms with Crippen LogP contribution < -0.4 is 10.1 Å². The zero-order chi connectivity index (χ0) is 18.6. The zero-order valence-corrected chi connectivity index (χ0v) is 14.9. The molecule has 1 unspecified atom stereocenters. The van der Waals surface area contributed by atoms with Crippen LogP contribution in [-0.2, 0) is 11.3 Å². The van der Waals surface area contributed by atoms with Crippen molar-refractivity contribution in [2.24, 2.45) is 0 Å². The second kappa shape index (κ2) is 8.27. The van der Waals surface area contributed by atoms with E-state index in [1.807, 2.05) is 0 Å². The van der Waals surface area contributed by atoms with Gasteiger partial charge in [-0.15, -0.1) is 0 Å². The Kier molecular flexibility index (Phi) is 6.33. The summed E-state index contributed by atoms with van der Waals surface area (Å²) in [5.41, 5.74) is 0.711. The predicted octanol–water partition coefficient (Wildman–Crippen LogP) is 4.09. The number of hydrogen-bond donors (Lipinski definition) is 1. The number of benzene rings is 2. The third kappa shape index (κ3) is 4.90. The van der Waals surface area contributed by atoms with Crippen LogP contribution in [-0.4, -0.2) is 31.0 Å². The van der Waals surface area contributed by atoms with Gasteiger partial charge >= 0.3 is 0 Å². The molecule has 0 radical (unpaired) electrons. The summed E-state index contributed by atoms with van der Waals surface area (Å²) in [6, 6.07) is 7.98. The Morgan fingerprint density at radius 2 is 1.96 bits per heavy atom. The van der Waals surface area contributed by atoms with E-state index in [4.69, 9.17) is 16.3 Å². The number of carbonyl (C=O) groups is 1. The van der Waals surface area contributed by atoms with E-state index in [2.05, 4.69) is 5.32 Å². The number of rotatable bonds is 6. The molecule has 0 aliphatic heterocycles. The fourth-order valence-electron chi connectivity index (χ4n) is 2.26. The number of nitrogens with zero attached hydrogens (tertiary/aromatic N) is 1. The summed E-state index contributed by atoms with van der Waals surface area (Å²) in [7, 11) is 3.12. The van der Waals surface area contributed by atoms with Crippen LogP contribution >= 0.6 is 11.6 Å². The quantitative estimate of drug-likeness (QED) is 0.835. The number of amides is 1. The molecule has 0 saturated heterocycles. The second-order valence-electron chi connectivity index (χ2n) is 5.67. The third-order valence-electron chi connectivity index (χ3n) is 3.88. The molecule has 25 heavy (non-hydrogen) atoms. The highest BCUT2D eigenvalue weighted by atomic mass is 35.5. The van der Waals surface area contributed by atoms with Crippen molar-refractivity contribution in [2.45, 2.75) is 19.5 Å². The molecule has 1 atom stereocenters. The molecule has 0 heterocycles. The highest BCUT2D eigenvalue weighted by Gasteiger charge is 2.20. The van der Waals surface area contributed by atoms with Crippen LogP contribution in [0.15, 0.2) is 36.4 Å². The van der Waals surface area contributed by atoms with E-state index < -0.39 is 23.6 Å². The largest absolute Gasteiger partial charge is 0.494 e. The lowest BCUT2D eigenvalue weighted by Gasteiger charge is -2.24. The van der Waals surface area contributed by atoms with Gasteiger partial charge in [-0.25, -0.2) is 8.78 Å². The van der Waals surface area contributed by atoms with E-state index in [-0.39, 0.29) is 11.4 Å². The number of ether oxygens (including phenoxy) is 1. The Morgan fingerprint density at radius 1 is 1.24 bits per heavy atom. The molecule has 2 aromatic rings. The Labute approximate surface area is 150 Å². The number of nitrogens with one attached hydrogen (secondary N) is 1. The molecule has 134 valence electrons. The molecular weight excluding hydrogens is 350 g/mol. The van der Waals surface area contributed by atoms with Crippen LogP contribution in [0, 0.1) is 11.6 Å². The minimum absolute atomic E-state index is 0.0215. The molecule has 0 aliphatic carbocycles. The maximum absolute atomic E-state index is 13.8. The normalized spacial score (nSPS) is 12.1. The van der Waals surface area contributed by atoms with Crippen molar-refractivity contribution >= 4 is 23.2 Å². The van der Waals surface area contributed by atoms with Gasteiger partial charge in [0.05, 0.1) is 18.8 Å². The molecule has 2 aromatic carbocycles. The monoisotopic (exact) mass is 368 g/mol. The fraction of sp³-hybridized carbons (Fsp3) is 0.278. The molecule has 7 heteroatoms. The molecule has 0 bridgehead atoms. The molecule has 0 aliphatic rings. The fourth-order valence-corrected chi connectivity index (χ4v) is 2.44. The van der Waals surface area contributed by atoms with Gasteiger partial charge in [0.15, 0.2) is 11.6 Å². The topological polar surface area (TPSA) is 41.6 Å². The maximum Gasteiger partial charge on any atom is 0.241 e. The third-order valence-corrected chi connectivity index (χ3v) is 4.11. The van der Waals surface area contributed by atoms with Gasteiger partial charge in [0.2, 0.25) is 5.91 Å². The number of methoxy groups -OCH3 is 1. The molecule has 1 N–H and O–H groups in total. The molecule has 2 rings (SSSR count). The number of anilines is 1. The van der Waals surface area contributed by atoms with Gasteiger partial charge in [-0.3, -0.25) is 9.69 Å². The van der Waals surface area contributed by atoms with E-state index in [1.165, 1.54) is 37.4 Å². The van der Waals surface area contributed by atoms with Crippen molar-refractivity contribution in [3.8, 4) is 5.75 Å². The van der Waals surface area contributed by atoms with Crippen molar-refractivity contribution < 1.29 is 18.3 Å². The summed E-state index contributed by atoms with van der Waals surface area (Å²) in [5, 5.41) is 2.84. The van der Waals surface area contributed by atoms with Crippen molar-refractivity contribution in [1.82, 2.24) is 4.90 Å². The maximum atomic E-state index is 13.8. The number of carbonyl (C=O) groups excluding carboxylic acids is 1. The van der Waals surface area contributed by atoms with Crippen molar-refractivity contribution in [1.29, 1.82) is 0 Å². The lowest BCUT2D eigenvalue weighted by molar-refractivity contribution is -0.120. The molecule has 1 amide bonds. The molecule has 0 fully saturated rings. The Balaban J connectivity index is 2.03. The molecule has 4 nitrogen and oxygen atoms in total. The van der Waals surface area contributed by atoms with Crippen LogP contribution in [0.2, 0.25) is 5.02 Å². The number of hydrogen-bond acceptors (Lipinski definition) is 3. The summed E-state index contributed by atoms with van der Waals surface area (Å²) >= 11 is 5.82. The minimum atomic E-state index is -0.566. The first-order valence-corrected chi connectivity index (χ1v) is 7.98. The Bertz CT molecular complexity index is 771. The first kappa shape index (κ1) is 19.1. The first-order chi connectivity index (χ1) is 11.8. The van der Waals surface area contributed by atoms with Crippen molar-refractivity contribution in [2.75, 3.05) is 19.5 Å². The van der Waals surface area contributed by atoms with Crippen molar-refractivity contribution in [3.63, 3.8) is 0 Å².